The van der Waals surface area contributed by atoms with Crippen LogP contribution in [0.2, 0.25) is 0 Å². The lowest BCUT2D eigenvalue weighted by atomic mass is 10.1. The molecule has 0 spiro atoms. The van der Waals surface area contributed by atoms with E-state index in [1.54, 1.807) is 7.11 Å². The van der Waals surface area contributed by atoms with Gasteiger partial charge in [0.2, 0.25) is 0 Å². The molecule has 2 amide bonds. The lowest BCUT2D eigenvalue weighted by Crippen LogP contribution is -2.49. The smallest absolute Gasteiger partial charge is 0.317 e. The SMILES string of the molecule is COCC1=CCN(C(=O)N[C@@H]2Cc3ccccc3[C@H]2N)CC1. The molecule has 0 radical (unpaired) electrons. The molecule has 2 atom stereocenters. The summed E-state index contributed by atoms with van der Waals surface area (Å²) in [6.45, 7) is 2.02. The van der Waals surface area contributed by atoms with E-state index in [1.807, 2.05) is 23.1 Å². The van der Waals surface area contributed by atoms with Crippen LogP contribution >= 0.6 is 0 Å². The van der Waals surface area contributed by atoms with Gasteiger partial charge in [-0.05, 0) is 29.5 Å². The molecule has 22 heavy (non-hydrogen) atoms. The summed E-state index contributed by atoms with van der Waals surface area (Å²) < 4.78 is 5.13. The standard InChI is InChI=1S/C17H23N3O2/c1-22-11-12-6-8-20(9-7-12)17(21)19-15-10-13-4-2-3-5-14(13)16(15)18/h2-6,15-16H,7-11,18H2,1H3,(H,19,21)/t15-,16-/m1/s1. The number of hydrogen-bond donors (Lipinski definition) is 2. The summed E-state index contributed by atoms with van der Waals surface area (Å²) in [5.74, 6) is 0. The number of carbonyl (C=O) groups excluding carboxylic acids is 1. The second-order valence-corrected chi connectivity index (χ2v) is 5.98. The molecule has 0 fully saturated rings. The van der Waals surface area contributed by atoms with Crippen molar-refractivity contribution in [3.63, 3.8) is 0 Å². The average molecular weight is 301 g/mol. The van der Waals surface area contributed by atoms with E-state index in [2.05, 4.69) is 17.5 Å². The van der Waals surface area contributed by atoms with Crippen molar-refractivity contribution in [2.24, 2.45) is 5.73 Å². The van der Waals surface area contributed by atoms with Crippen LogP contribution < -0.4 is 11.1 Å². The number of ether oxygens (including phenoxy) is 1. The first-order valence-corrected chi connectivity index (χ1v) is 7.74. The lowest BCUT2D eigenvalue weighted by Gasteiger charge is -2.29. The molecule has 3 N–H and O–H groups in total. The Labute approximate surface area is 131 Å². The van der Waals surface area contributed by atoms with Crippen molar-refractivity contribution in [2.75, 3.05) is 26.8 Å². The van der Waals surface area contributed by atoms with Crippen LogP contribution in [-0.4, -0.2) is 43.8 Å². The zero-order chi connectivity index (χ0) is 15.5. The molecule has 5 nitrogen and oxygen atoms in total. The highest BCUT2D eigenvalue weighted by molar-refractivity contribution is 5.75. The topological polar surface area (TPSA) is 67.6 Å². The van der Waals surface area contributed by atoms with Crippen LogP contribution in [0.25, 0.3) is 0 Å². The van der Waals surface area contributed by atoms with Gasteiger partial charge in [0.1, 0.15) is 0 Å². The first-order chi connectivity index (χ1) is 10.7. The quantitative estimate of drug-likeness (QED) is 0.833. The Morgan fingerprint density at radius 2 is 2.27 bits per heavy atom. The molecule has 1 aliphatic heterocycles. The summed E-state index contributed by atoms with van der Waals surface area (Å²) in [6, 6.07) is 7.98. The van der Waals surface area contributed by atoms with Crippen LogP contribution in [0.1, 0.15) is 23.6 Å². The second kappa shape index (κ2) is 6.50. The van der Waals surface area contributed by atoms with Gasteiger partial charge < -0.3 is 20.7 Å². The number of nitrogens with one attached hydrogen (secondary N) is 1. The minimum Gasteiger partial charge on any atom is -0.380 e. The number of benzene rings is 1. The number of carbonyl (C=O) groups is 1. The maximum atomic E-state index is 12.4. The van der Waals surface area contributed by atoms with Crippen LogP contribution in [-0.2, 0) is 11.2 Å². The number of amides is 2. The van der Waals surface area contributed by atoms with Crippen molar-refractivity contribution >= 4 is 6.03 Å². The number of rotatable bonds is 3. The zero-order valence-electron chi connectivity index (χ0n) is 12.9. The Kier molecular flexibility index (Phi) is 4.45. The fraction of sp³-hybridized carbons (Fsp3) is 0.471. The van der Waals surface area contributed by atoms with E-state index in [4.69, 9.17) is 10.5 Å². The summed E-state index contributed by atoms with van der Waals surface area (Å²) in [5, 5.41) is 3.09. The molecule has 0 saturated heterocycles. The van der Waals surface area contributed by atoms with Gasteiger partial charge >= 0.3 is 6.03 Å². The molecule has 118 valence electrons. The first-order valence-electron chi connectivity index (χ1n) is 7.74. The van der Waals surface area contributed by atoms with Gasteiger partial charge in [0.05, 0.1) is 18.7 Å². The number of methoxy groups -OCH3 is 1. The number of urea groups is 1. The maximum absolute atomic E-state index is 12.4. The van der Waals surface area contributed by atoms with E-state index >= 15 is 0 Å². The van der Waals surface area contributed by atoms with E-state index in [1.165, 1.54) is 11.1 Å². The third kappa shape index (κ3) is 3.00. The van der Waals surface area contributed by atoms with Gasteiger partial charge in [-0.3, -0.25) is 0 Å². The third-order valence-corrected chi connectivity index (χ3v) is 4.52. The molecule has 0 unspecified atom stereocenters. The summed E-state index contributed by atoms with van der Waals surface area (Å²) >= 11 is 0. The number of nitrogens with two attached hydrogens (primary N) is 1. The molecule has 1 aliphatic carbocycles. The van der Waals surface area contributed by atoms with Crippen molar-refractivity contribution in [3.8, 4) is 0 Å². The molecule has 1 heterocycles. The average Bonchev–Trinajstić information content (AvgIpc) is 2.85. The molecule has 1 aromatic rings. The van der Waals surface area contributed by atoms with Crippen molar-refractivity contribution in [2.45, 2.75) is 24.9 Å². The number of fused-ring (bicyclic) bond motifs is 1. The Hall–Kier alpha value is -1.85. The molecule has 1 aromatic carbocycles. The monoisotopic (exact) mass is 301 g/mol. The van der Waals surface area contributed by atoms with Crippen molar-refractivity contribution < 1.29 is 9.53 Å². The predicted molar refractivity (Wildman–Crippen MR) is 85.5 cm³/mol. The first kappa shape index (κ1) is 15.1. The molecule has 0 saturated carbocycles. The molecule has 3 rings (SSSR count). The highest BCUT2D eigenvalue weighted by Gasteiger charge is 2.31. The van der Waals surface area contributed by atoms with Gasteiger partial charge in [-0.25, -0.2) is 4.79 Å². The summed E-state index contributed by atoms with van der Waals surface area (Å²) in [6.07, 6.45) is 3.76. The summed E-state index contributed by atoms with van der Waals surface area (Å²) in [4.78, 5) is 14.2. The Morgan fingerprint density at radius 1 is 1.45 bits per heavy atom. The van der Waals surface area contributed by atoms with Gasteiger partial charge in [-0.1, -0.05) is 30.3 Å². The number of hydrogen-bond acceptors (Lipinski definition) is 3. The Balaban J connectivity index is 1.58. The fourth-order valence-corrected chi connectivity index (χ4v) is 3.23. The van der Waals surface area contributed by atoms with E-state index in [0.29, 0.717) is 13.2 Å². The van der Waals surface area contributed by atoms with Gasteiger partial charge in [-0.15, -0.1) is 0 Å². The van der Waals surface area contributed by atoms with Gasteiger partial charge in [-0.2, -0.15) is 0 Å². The van der Waals surface area contributed by atoms with Crippen LogP contribution in [0.5, 0.6) is 0 Å². The highest BCUT2D eigenvalue weighted by atomic mass is 16.5. The van der Waals surface area contributed by atoms with Crippen LogP contribution in [0.4, 0.5) is 4.79 Å². The molecule has 0 bridgehead atoms. The van der Waals surface area contributed by atoms with E-state index in [9.17, 15) is 4.79 Å². The van der Waals surface area contributed by atoms with Crippen LogP contribution in [0.3, 0.4) is 0 Å². The lowest BCUT2D eigenvalue weighted by molar-refractivity contribution is 0.189. The molecular weight excluding hydrogens is 278 g/mol. The van der Waals surface area contributed by atoms with Gasteiger partial charge in [0.15, 0.2) is 0 Å². The zero-order valence-corrected chi connectivity index (χ0v) is 12.9. The molecular formula is C17H23N3O2. The number of nitrogens with zero attached hydrogens (tertiary/aromatic N) is 1. The Morgan fingerprint density at radius 3 is 2.95 bits per heavy atom. The largest absolute Gasteiger partial charge is 0.380 e. The third-order valence-electron chi connectivity index (χ3n) is 4.52. The van der Waals surface area contributed by atoms with Crippen molar-refractivity contribution in [1.29, 1.82) is 0 Å². The van der Waals surface area contributed by atoms with E-state index in [0.717, 1.165) is 24.9 Å². The maximum Gasteiger partial charge on any atom is 0.317 e. The van der Waals surface area contributed by atoms with E-state index < -0.39 is 0 Å². The van der Waals surface area contributed by atoms with Crippen molar-refractivity contribution in [1.82, 2.24) is 10.2 Å². The summed E-state index contributed by atoms with van der Waals surface area (Å²) in [7, 11) is 1.69. The minimum atomic E-state index is -0.121. The van der Waals surface area contributed by atoms with Crippen LogP contribution in [0, 0.1) is 0 Å². The van der Waals surface area contributed by atoms with Gasteiger partial charge in [0.25, 0.3) is 0 Å². The van der Waals surface area contributed by atoms with E-state index in [-0.39, 0.29) is 18.1 Å². The Bertz CT molecular complexity index is 585. The van der Waals surface area contributed by atoms with Crippen molar-refractivity contribution in [3.05, 3.63) is 47.0 Å². The second-order valence-electron chi connectivity index (χ2n) is 5.98. The fourth-order valence-electron chi connectivity index (χ4n) is 3.23. The highest BCUT2D eigenvalue weighted by Crippen LogP contribution is 2.29. The predicted octanol–water partition coefficient (Wildman–Crippen LogP) is 1.60. The van der Waals surface area contributed by atoms with Gasteiger partial charge in [0, 0.05) is 20.2 Å². The molecule has 0 aromatic heterocycles. The molecule has 5 heteroatoms. The summed E-state index contributed by atoms with van der Waals surface area (Å²) in [5.41, 5.74) is 9.91. The van der Waals surface area contributed by atoms with Crippen LogP contribution in [0.15, 0.2) is 35.9 Å². The minimum absolute atomic E-state index is 0.0192. The molecule has 2 aliphatic rings. The normalized spacial score (nSPS) is 23.9.